The van der Waals surface area contributed by atoms with Crippen LogP contribution in [0.25, 0.3) is 6.08 Å². The Bertz CT molecular complexity index is 590. The van der Waals surface area contributed by atoms with Crippen molar-refractivity contribution < 1.29 is 13.5 Å². The monoisotopic (exact) mass is 329 g/mol. The second-order valence-electron chi connectivity index (χ2n) is 5.50. The van der Waals surface area contributed by atoms with Gasteiger partial charge in [0.25, 0.3) is 0 Å². The molecule has 1 aromatic carbocycles. The van der Waals surface area contributed by atoms with Gasteiger partial charge in [0.05, 0.1) is 12.1 Å². The lowest BCUT2D eigenvalue weighted by atomic mass is 9.83. The molecule has 0 spiro atoms. The lowest BCUT2D eigenvalue weighted by molar-refractivity contribution is 0.142. The summed E-state index contributed by atoms with van der Waals surface area (Å²) in [6.45, 7) is -0.166. The summed E-state index contributed by atoms with van der Waals surface area (Å²) in [5.74, 6) is 0. The number of aliphatic hydroxyl groups is 1. The molecule has 2 N–H and O–H groups in total. The summed E-state index contributed by atoms with van der Waals surface area (Å²) in [6, 6.07) is 6.91. The van der Waals surface area contributed by atoms with Crippen LogP contribution in [-0.4, -0.2) is 25.7 Å². The van der Waals surface area contributed by atoms with Crippen LogP contribution in [0.4, 0.5) is 0 Å². The third kappa shape index (κ3) is 4.81. The third-order valence-electron chi connectivity index (χ3n) is 3.78. The summed E-state index contributed by atoms with van der Waals surface area (Å²) in [7, 11) is -3.58. The second-order valence-corrected chi connectivity index (χ2v) is 7.50. The van der Waals surface area contributed by atoms with E-state index in [1.807, 2.05) is 0 Å². The van der Waals surface area contributed by atoms with Crippen molar-refractivity contribution in [1.82, 2.24) is 4.72 Å². The molecule has 0 aliphatic heterocycles. The summed E-state index contributed by atoms with van der Waals surface area (Å²) >= 11 is 5.79. The van der Waals surface area contributed by atoms with Crippen LogP contribution in [-0.2, 0) is 10.0 Å². The van der Waals surface area contributed by atoms with Crippen molar-refractivity contribution in [2.75, 3.05) is 6.61 Å². The zero-order valence-electron chi connectivity index (χ0n) is 11.8. The van der Waals surface area contributed by atoms with Gasteiger partial charge in [-0.05, 0) is 36.6 Å². The van der Waals surface area contributed by atoms with Crippen LogP contribution < -0.4 is 4.72 Å². The van der Waals surface area contributed by atoms with Gasteiger partial charge in [0.2, 0.25) is 10.0 Å². The van der Waals surface area contributed by atoms with Crippen LogP contribution in [0.3, 0.4) is 0 Å². The number of nitrogens with one attached hydrogen (secondary N) is 1. The van der Waals surface area contributed by atoms with E-state index in [4.69, 9.17) is 11.6 Å². The SMILES string of the molecule is O=S(=O)(C=Cc1ccc(Cl)cc1)NC1(CO)CCCCC1. The highest BCUT2D eigenvalue weighted by atomic mass is 35.5. The standard InChI is InChI=1S/C15H20ClNO3S/c16-14-6-4-13(5-7-14)8-11-21(19,20)17-15(12-18)9-2-1-3-10-15/h4-8,11,17-18H,1-3,9-10,12H2. The van der Waals surface area contributed by atoms with Crippen LogP contribution in [0.15, 0.2) is 29.7 Å². The van der Waals surface area contributed by atoms with Crippen LogP contribution in [0.2, 0.25) is 5.02 Å². The van der Waals surface area contributed by atoms with E-state index in [1.165, 1.54) is 6.08 Å². The summed E-state index contributed by atoms with van der Waals surface area (Å²) in [6.07, 6.45) is 5.83. The molecule has 1 aliphatic carbocycles. The summed E-state index contributed by atoms with van der Waals surface area (Å²) < 4.78 is 27.0. The Kier molecular flexibility index (Phi) is 5.43. The van der Waals surface area contributed by atoms with Crippen molar-refractivity contribution in [2.45, 2.75) is 37.6 Å². The highest BCUT2D eigenvalue weighted by Gasteiger charge is 2.34. The zero-order valence-corrected chi connectivity index (χ0v) is 13.3. The fourth-order valence-corrected chi connectivity index (χ4v) is 4.00. The van der Waals surface area contributed by atoms with Crippen molar-refractivity contribution in [2.24, 2.45) is 0 Å². The van der Waals surface area contributed by atoms with Crippen LogP contribution >= 0.6 is 11.6 Å². The number of hydrogen-bond donors (Lipinski definition) is 2. The molecule has 0 aromatic heterocycles. The number of sulfonamides is 1. The molecule has 1 fully saturated rings. The molecule has 21 heavy (non-hydrogen) atoms. The molecule has 0 unspecified atom stereocenters. The van der Waals surface area contributed by atoms with Gasteiger partial charge in [-0.3, -0.25) is 0 Å². The molecule has 1 aromatic rings. The number of rotatable bonds is 5. The first kappa shape index (κ1) is 16.5. The largest absolute Gasteiger partial charge is 0.394 e. The van der Waals surface area contributed by atoms with Gasteiger partial charge >= 0.3 is 0 Å². The van der Waals surface area contributed by atoms with Crippen molar-refractivity contribution in [3.8, 4) is 0 Å². The van der Waals surface area contributed by atoms with Gasteiger partial charge in [-0.15, -0.1) is 0 Å². The van der Waals surface area contributed by atoms with Crippen LogP contribution in [0.5, 0.6) is 0 Å². The van der Waals surface area contributed by atoms with Gasteiger partial charge in [0.1, 0.15) is 0 Å². The predicted molar refractivity (Wildman–Crippen MR) is 85.4 cm³/mol. The molecule has 0 atom stereocenters. The molecule has 0 heterocycles. The molecule has 0 radical (unpaired) electrons. The Labute approximate surface area is 130 Å². The Morgan fingerprint density at radius 1 is 1.19 bits per heavy atom. The zero-order chi connectivity index (χ0) is 15.3. The van der Waals surface area contributed by atoms with Gasteiger partial charge in [0.15, 0.2) is 0 Å². The quantitative estimate of drug-likeness (QED) is 0.872. The number of hydrogen-bond acceptors (Lipinski definition) is 3. The molecule has 0 saturated heterocycles. The van der Waals surface area contributed by atoms with Gasteiger partial charge < -0.3 is 5.11 Å². The van der Waals surface area contributed by atoms with Gasteiger partial charge in [-0.25, -0.2) is 13.1 Å². The number of benzene rings is 1. The number of aliphatic hydroxyl groups excluding tert-OH is 1. The Morgan fingerprint density at radius 2 is 1.81 bits per heavy atom. The maximum absolute atomic E-state index is 12.2. The minimum atomic E-state index is -3.58. The van der Waals surface area contributed by atoms with Crippen molar-refractivity contribution in [1.29, 1.82) is 0 Å². The molecule has 1 aliphatic rings. The fraction of sp³-hybridized carbons (Fsp3) is 0.467. The molecule has 2 rings (SSSR count). The maximum atomic E-state index is 12.2. The molecule has 0 amide bonds. The molecule has 6 heteroatoms. The lowest BCUT2D eigenvalue weighted by Crippen LogP contribution is -2.51. The van der Waals surface area contributed by atoms with E-state index in [-0.39, 0.29) is 6.61 Å². The molecule has 4 nitrogen and oxygen atoms in total. The molecule has 0 bridgehead atoms. The molecule has 116 valence electrons. The van der Waals surface area contributed by atoms with E-state index in [0.717, 1.165) is 30.2 Å². The minimum absolute atomic E-state index is 0.166. The second kappa shape index (κ2) is 6.92. The topological polar surface area (TPSA) is 66.4 Å². The molecular weight excluding hydrogens is 310 g/mol. The van der Waals surface area contributed by atoms with Crippen molar-refractivity contribution in [3.63, 3.8) is 0 Å². The van der Waals surface area contributed by atoms with Gasteiger partial charge in [-0.2, -0.15) is 0 Å². The first-order valence-corrected chi connectivity index (χ1v) is 8.96. The van der Waals surface area contributed by atoms with E-state index < -0.39 is 15.6 Å². The van der Waals surface area contributed by atoms with Crippen molar-refractivity contribution in [3.05, 3.63) is 40.3 Å². The fourth-order valence-electron chi connectivity index (χ4n) is 2.60. The van der Waals surface area contributed by atoms with Crippen molar-refractivity contribution >= 4 is 27.7 Å². The lowest BCUT2D eigenvalue weighted by Gasteiger charge is -2.35. The van der Waals surface area contributed by atoms with E-state index in [9.17, 15) is 13.5 Å². The van der Waals surface area contributed by atoms with E-state index in [1.54, 1.807) is 24.3 Å². The summed E-state index contributed by atoms with van der Waals surface area (Å²) in [4.78, 5) is 0. The third-order valence-corrected chi connectivity index (χ3v) is 5.25. The maximum Gasteiger partial charge on any atom is 0.234 e. The normalized spacial score (nSPS) is 19.0. The Morgan fingerprint density at radius 3 is 2.38 bits per heavy atom. The summed E-state index contributed by atoms with van der Waals surface area (Å²) in [5, 5.41) is 11.3. The van der Waals surface area contributed by atoms with E-state index >= 15 is 0 Å². The highest BCUT2D eigenvalue weighted by molar-refractivity contribution is 7.92. The van der Waals surface area contributed by atoms with E-state index in [2.05, 4.69) is 4.72 Å². The first-order chi connectivity index (χ1) is 9.95. The molecule has 1 saturated carbocycles. The average molecular weight is 330 g/mol. The first-order valence-electron chi connectivity index (χ1n) is 7.03. The predicted octanol–water partition coefficient (Wildman–Crippen LogP) is 2.93. The van der Waals surface area contributed by atoms with Gasteiger partial charge in [-0.1, -0.05) is 43.0 Å². The van der Waals surface area contributed by atoms with Crippen LogP contribution in [0, 0.1) is 0 Å². The number of halogens is 1. The summed E-state index contributed by atoms with van der Waals surface area (Å²) in [5.41, 5.74) is 0.0491. The minimum Gasteiger partial charge on any atom is -0.394 e. The van der Waals surface area contributed by atoms with E-state index in [0.29, 0.717) is 17.9 Å². The Balaban J connectivity index is 2.08. The van der Waals surface area contributed by atoms with Crippen LogP contribution in [0.1, 0.15) is 37.7 Å². The Hall–Kier alpha value is -0.880. The smallest absolute Gasteiger partial charge is 0.234 e. The van der Waals surface area contributed by atoms with Gasteiger partial charge in [0, 0.05) is 10.4 Å². The average Bonchev–Trinajstić information content (AvgIpc) is 2.47. The highest BCUT2D eigenvalue weighted by Crippen LogP contribution is 2.28. The molecular formula is C15H20ClNO3S.